The quantitative estimate of drug-likeness (QED) is 0.504. The summed E-state index contributed by atoms with van der Waals surface area (Å²) in [7, 11) is 0. The molecule has 0 amide bonds. The first-order chi connectivity index (χ1) is 5.31. The van der Waals surface area contributed by atoms with Crippen molar-refractivity contribution < 1.29 is 4.39 Å². The van der Waals surface area contributed by atoms with Gasteiger partial charge in [0.05, 0.1) is 0 Å². The molecular weight excluding hydrogens is 139 g/mol. The van der Waals surface area contributed by atoms with Crippen molar-refractivity contribution in [3.05, 3.63) is 0 Å². The van der Waals surface area contributed by atoms with E-state index in [1.807, 2.05) is 0 Å². The first kappa shape index (κ1) is 7.57. The zero-order chi connectivity index (χ0) is 7.73. The molecule has 2 saturated carbocycles. The van der Waals surface area contributed by atoms with Crippen molar-refractivity contribution in [1.82, 2.24) is 0 Å². The minimum atomic E-state index is -0.726. The predicted octanol–water partition coefficient (Wildman–Crippen LogP) is 3.46. The number of alkyl halides is 1. The van der Waals surface area contributed by atoms with E-state index in [1.54, 1.807) is 0 Å². The summed E-state index contributed by atoms with van der Waals surface area (Å²) < 4.78 is 14.0. The molecule has 2 fully saturated rings. The van der Waals surface area contributed by atoms with Gasteiger partial charge in [0, 0.05) is 0 Å². The molecule has 2 aliphatic rings. The van der Waals surface area contributed by atoms with Gasteiger partial charge in [-0.05, 0) is 38.0 Å². The molecule has 64 valence electrons. The molecule has 0 spiro atoms. The molecule has 0 aliphatic heterocycles. The van der Waals surface area contributed by atoms with Crippen LogP contribution in [0.15, 0.2) is 0 Å². The second-order valence-electron chi connectivity index (χ2n) is 4.22. The third kappa shape index (κ3) is 1.30. The van der Waals surface area contributed by atoms with Crippen LogP contribution in [-0.2, 0) is 0 Å². The minimum Gasteiger partial charge on any atom is -0.244 e. The normalized spacial score (nSPS) is 45.0. The van der Waals surface area contributed by atoms with Crippen LogP contribution < -0.4 is 0 Å². The fraction of sp³-hybridized carbons (Fsp3) is 1.00. The zero-order valence-corrected chi connectivity index (χ0v) is 7.11. The molecule has 0 saturated heterocycles. The third-order valence-corrected chi connectivity index (χ3v) is 3.52. The lowest BCUT2D eigenvalue weighted by atomic mass is 9.88. The van der Waals surface area contributed by atoms with E-state index < -0.39 is 5.67 Å². The van der Waals surface area contributed by atoms with E-state index in [4.69, 9.17) is 0 Å². The van der Waals surface area contributed by atoms with Crippen molar-refractivity contribution in [3.8, 4) is 0 Å². The van der Waals surface area contributed by atoms with Gasteiger partial charge >= 0.3 is 0 Å². The van der Waals surface area contributed by atoms with Crippen LogP contribution in [0.2, 0.25) is 0 Å². The summed E-state index contributed by atoms with van der Waals surface area (Å²) in [6.45, 7) is 0. The van der Waals surface area contributed by atoms with Gasteiger partial charge in [-0.25, -0.2) is 4.39 Å². The molecule has 0 aromatic heterocycles. The minimum absolute atomic E-state index is 0.435. The highest BCUT2D eigenvalue weighted by Gasteiger charge is 2.42. The standard InChI is InChI=1S/C10H17F/c11-10-7-3-1-2-5-9(10)6-4-8-10/h9H,1-8H2. The summed E-state index contributed by atoms with van der Waals surface area (Å²) in [4.78, 5) is 0. The van der Waals surface area contributed by atoms with Gasteiger partial charge in [-0.3, -0.25) is 0 Å². The topological polar surface area (TPSA) is 0 Å². The highest BCUT2D eigenvalue weighted by molar-refractivity contribution is 4.93. The molecule has 0 aromatic carbocycles. The molecule has 0 nitrogen and oxygen atoms in total. The molecule has 0 N–H and O–H groups in total. The summed E-state index contributed by atoms with van der Waals surface area (Å²) in [5, 5.41) is 0. The molecule has 1 heteroatoms. The molecule has 0 aromatic rings. The number of fused-ring (bicyclic) bond motifs is 1. The summed E-state index contributed by atoms with van der Waals surface area (Å²) in [6, 6.07) is 0. The van der Waals surface area contributed by atoms with Crippen LogP contribution in [0.1, 0.15) is 51.4 Å². The monoisotopic (exact) mass is 156 g/mol. The Hall–Kier alpha value is -0.0700. The smallest absolute Gasteiger partial charge is 0.113 e. The molecular formula is C10H17F. The Labute approximate surface area is 68.2 Å². The third-order valence-electron chi connectivity index (χ3n) is 3.52. The summed E-state index contributed by atoms with van der Waals surface area (Å²) in [5.41, 5.74) is -0.726. The highest BCUT2D eigenvalue weighted by atomic mass is 19.1. The number of rotatable bonds is 0. The summed E-state index contributed by atoms with van der Waals surface area (Å²) in [6.07, 6.45) is 8.86. The fourth-order valence-corrected chi connectivity index (χ4v) is 2.82. The molecule has 0 bridgehead atoms. The molecule has 2 rings (SSSR count). The van der Waals surface area contributed by atoms with Gasteiger partial charge in [0.25, 0.3) is 0 Å². The Morgan fingerprint density at radius 1 is 0.909 bits per heavy atom. The lowest BCUT2D eigenvalue weighted by Crippen LogP contribution is -2.26. The van der Waals surface area contributed by atoms with Crippen LogP contribution in [0.4, 0.5) is 4.39 Å². The van der Waals surface area contributed by atoms with Gasteiger partial charge in [-0.1, -0.05) is 19.3 Å². The lowest BCUT2D eigenvalue weighted by molar-refractivity contribution is 0.101. The van der Waals surface area contributed by atoms with Crippen molar-refractivity contribution in [1.29, 1.82) is 0 Å². The van der Waals surface area contributed by atoms with E-state index in [1.165, 1.54) is 12.8 Å². The van der Waals surface area contributed by atoms with E-state index in [2.05, 4.69) is 0 Å². The van der Waals surface area contributed by atoms with Crippen molar-refractivity contribution in [3.63, 3.8) is 0 Å². The van der Waals surface area contributed by atoms with Crippen molar-refractivity contribution in [2.45, 2.75) is 57.0 Å². The Kier molecular flexibility index (Phi) is 1.90. The first-order valence-corrected chi connectivity index (χ1v) is 5.00. The summed E-state index contributed by atoms with van der Waals surface area (Å²) >= 11 is 0. The number of hydrogen-bond donors (Lipinski definition) is 0. The number of hydrogen-bond acceptors (Lipinski definition) is 0. The Balaban J connectivity index is 2.09. The van der Waals surface area contributed by atoms with Gasteiger partial charge in [0.1, 0.15) is 5.67 Å². The maximum absolute atomic E-state index is 14.0. The van der Waals surface area contributed by atoms with Crippen LogP contribution >= 0.6 is 0 Å². The zero-order valence-electron chi connectivity index (χ0n) is 7.11. The molecule has 0 heterocycles. The van der Waals surface area contributed by atoms with Crippen molar-refractivity contribution >= 4 is 0 Å². The van der Waals surface area contributed by atoms with Crippen LogP contribution in [0.3, 0.4) is 0 Å². The Morgan fingerprint density at radius 2 is 1.64 bits per heavy atom. The van der Waals surface area contributed by atoms with Gasteiger partial charge in [-0.2, -0.15) is 0 Å². The second-order valence-corrected chi connectivity index (χ2v) is 4.22. The lowest BCUT2D eigenvalue weighted by Gasteiger charge is -2.24. The summed E-state index contributed by atoms with van der Waals surface area (Å²) in [5.74, 6) is 0.435. The fourth-order valence-electron chi connectivity index (χ4n) is 2.82. The first-order valence-electron chi connectivity index (χ1n) is 5.00. The van der Waals surface area contributed by atoms with Gasteiger partial charge in [-0.15, -0.1) is 0 Å². The van der Waals surface area contributed by atoms with Crippen molar-refractivity contribution in [2.75, 3.05) is 0 Å². The van der Waals surface area contributed by atoms with Gasteiger partial charge < -0.3 is 0 Å². The molecule has 2 aliphatic carbocycles. The Morgan fingerprint density at radius 3 is 2.55 bits per heavy atom. The van der Waals surface area contributed by atoms with E-state index in [9.17, 15) is 4.39 Å². The highest BCUT2D eigenvalue weighted by Crippen LogP contribution is 2.46. The molecule has 2 unspecified atom stereocenters. The number of halogens is 1. The maximum atomic E-state index is 14.0. The van der Waals surface area contributed by atoms with E-state index >= 15 is 0 Å². The van der Waals surface area contributed by atoms with Gasteiger partial charge in [0.15, 0.2) is 0 Å². The van der Waals surface area contributed by atoms with E-state index in [0.717, 1.165) is 38.5 Å². The van der Waals surface area contributed by atoms with Gasteiger partial charge in [0.2, 0.25) is 0 Å². The predicted molar refractivity (Wildman–Crippen MR) is 44.3 cm³/mol. The van der Waals surface area contributed by atoms with Crippen LogP contribution in [0.25, 0.3) is 0 Å². The molecule has 2 atom stereocenters. The van der Waals surface area contributed by atoms with Crippen LogP contribution in [0, 0.1) is 5.92 Å². The average Bonchev–Trinajstić information content (AvgIpc) is 2.24. The molecule has 0 radical (unpaired) electrons. The SMILES string of the molecule is FC12CCCCCC1CCC2. The largest absolute Gasteiger partial charge is 0.244 e. The van der Waals surface area contributed by atoms with Crippen molar-refractivity contribution in [2.24, 2.45) is 5.92 Å². The maximum Gasteiger partial charge on any atom is 0.113 e. The average molecular weight is 156 g/mol. The van der Waals surface area contributed by atoms with E-state index in [-0.39, 0.29) is 0 Å². The van der Waals surface area contributed by atoms with Crippen LogP contribution in [-0.4, -0.2) is 5.67 Å². The second kappa shape index (κ2) is 2.76. The molecule has 11 heavy (non-hydrogen) atoms. The van der Waals surface area contributed by atoms with E-state index in [0.29, 0.717) is 5.92 Å². The van der Waals surface area contributed by atoms with Crippen LogP contribution in [0.5, 0.6) is 0 Å². The Bertz CT molecular complexity index is 144.